The van der Waals surface area contributed by atoms with Crippen molar-refractivity contribution in [1.29, 1.82) is 0 Å². The van der Waals surface area contributed by atoms with Crippen molar-refractivity contribution in [3.8, 4) is 11.5 Å². The van der Waals surface area contributed by atoms with E-state index in [-0.39, 0.29) is 17.3 Å². The summed E-state index contributed by atoms with van der Waals surface area (Å²) in [6, 6.07) is 19.2. The number of anilines is 1. The molecule has 0 spiro atoms. The first-order valence-corrected chi connectivity index (χ1v) is 10.6. The van der Waals surface area contributed by atoms with E-state index in [1.54, 1.807) is 62.8 Å². The Balaban J connectivity index is 1.42. The monoisotopic (exact) mass is 455 g/mol. The van der Waals surface area contributed by atoms with Crippen molar-refractivity contribution < 1.29 is 27.9 Å². The van der Waals surface area contributed by atoms with Crippen molar-refractivity contribution in [2.24, 2.45) is 0 Å². The van der Waals surface area contributed by atoms with E-state index in [0.29, 0.717) is 33.9 Å². The molecule has 0 bridgehead atoms. The van der Waals surface area contributed by atoms with Crippen molar-refractivity contribution in [3.63, 3.8) is 0 Å². The first-order chi connectivity index (χ1) is 16.5. The third kappa shape index (κ3) is 3.67. The SMILES string of the molecule is COc1ccc(C(=O)c2oc3cc(NC(=O)c4cc5cccc(OC)c5o4)ccc3c2C)cc1. The van der Waals surface area contributed by atoms with Crippen LogP contribution in [0, 0.1) is 6.92 Å². The number of nitrogens with one attached hydrogen (secondary N) is 1. The number of carbonyl (C=O) groups excluding carboxylic acids is 2. The highest BCUT2D eigenvalue weighted by atomic mass is 16.5. The lowest BCUT2D eigenvalue weighted by Crippen LogP contribution is -2.10. The predicted molar refractivity (Wildman–Crippen MR) is 128 cm³/mol. The number of ether oxygens (including phenoxy) is 2. The van der Waals surface area contributed by atoms with Crippen LogP contribution in [0.1, 0.15) is 32.2 Å². The van der Waals surface area contributed by atoms with E-state index in [9.17, 15) is 9.59 Å². The van der Waals surface area contributed by atoms with Crippen LogP contribution in [0.15, 0.2) is 75.6 Å². The van der Waals surface area contributed by atoms with Gasteiger partial charge in [-0.05, 0) is 55.5 Å². The third-order valence-corrected chi connectivity index (χ3v) is 5.71. The van der Waals surface area contributed by atoms with Crippen molar-refractivity contribution in [2.75, 3.05) is 19.5 Å². The normalized spacial score (nSPS) is 11.0. The van der Waals surface area contributed by atoms with Gasteiger partial charge in [0.15, 0.2) is 22.9 Å². The molecule has 34 heavy (non-hydrogen) atoms. The molecule has 2 heterocycles. The van der Waals surface area contributed by atoms with Gasteiger partial charge in [-0.3, -0.25) is 9.59 Å². The third-order valence-electron chi connectivity index (χ3n) is 5.71. The Morgan fingerprint density at radius 1 is 0.882 bits per heavy atom. The fourth-order valence-corrected chi connectivity index (χ4v) is 3.89. The van der Waals surface area contributed by atoms with Crippen LogP contribution in [0.4, 0.5) is 5.69 Å². The minimum atomic E-state index is -0.407. The Kier molecular flexibility index (Phi) is 5.30. The number of hydrogen-bond acceptors (Lipinski definition) is 6. The zero-order valence-electron chi connectivity index (χ0n) is 18.8. The van der Waals surface area contributed by atoms with E-state index >= 15 is 0 Å². The maximum atomic E-state index is 13.0. The number of amides is 1. The lowest BCUT2D eigenvalue weighted by atomic mass is 10.0. The van der Waals surface area contributed by atoms with Gasteiger partial charge in [-0.2, -0.15) is 0 Å². The number of hydrogen-bond donors (Lipinski definition) is 1. The number of aryl methyl sites for hydroxylation is 1. The lowest BCUT2D eigenvalue weighted by molar-refractivity contribution is 0.0994. The van der Waals surface area contributed by atoms with E-state index in [1.807, 2.05) is 25.1 Å². The van der Waals surface area contributed by atoms with Gasteiger partial charge in [-0.15, -0.1) is 0 Å². The van der Waals surface area contributed by atoms with Gasteiger partial charge in [0.25, 0.3) is 5.91 Å². The highest BCUT2D eigenvalue weighted by Gasteiger charge is 2.20. The summed E-state index contributed by atoms with van der Waals surface area (Å²) in [5.41, 5.74) is 2.75. The van der Waals surface area contributed by atoms with Gasteiger partial charge in [0.1, 0.15) is 11.3 Å². The van der Waals surface area contributed by atoms with Gasteiger partial charge in [0.2, 0.25) is 5.78 Å². The van der Waals surface area contributed by atoms with Crippen LogP contribution in [0.2, 0.25) is 0 Å². The summed E-state index contributed by atoms with van der Waals surface area (Å²) < 4.78 is 22.1. The first-order valence-electron chi connectivity index (χ1n) is 10.6. The number of carbonyl (C=O) groups is 2. The molecular formula is C27H21NO6. The molecule has 2 aromatic heterocycles. The van der Waals surface area contributed by atoms with Crippen LogP contribution >= 0.6 is 0 Å². The molecule has 0 aliphatic heterocycles. The highest BCUT2D eigenvalue weighted by molar-refractivity contribution is 6.11. The van der Waals surface area contributed by atoms with Gasteiger partial charge < -0.3 is 23.6 Å². The van der Waals surface area contributed by atoms with Gasteiger partial charge in [-0.1, -0.05) is 12.1 Å². The summed E-state index contributed by atoms with van der Waals surface area (Å²) in [5, 5.41) is 4.38. The summed E-state index contributed by atoms with van der Waals surface area (Å²) in [6.45, 7) is 1.84. The van der Waals surface area contributed by atoms with E-state index in [1.165, 1.54) is 0 Å². The van der Waals surface area contributed by atoms with Crippen LogP contribution < -0.4 is 14.8 Å². The Labute approximate surface area is 194 Å². The Bertz CT molecular complexity index is 1540. The summed E-state index contributed by atoms with van der Waals surface area (Å²) in [6.07, 6.45) is 0. The Hall–Kier alpha value is -4.52. The van der Waals surface area contributed by atoms with Gasteiger partial charge >= 0.3 is 0 Å². The van der Waals surface area contributed by atoms with Crippen LogP contribution in [0.5, 0.6) is 11.5 Å². The number of benzene rings is 3. The Morgan fingerprint density at radius 2 is 1.68 bits per heavy atom. The zero-order chi connectivity index (χ0) is 23.8. The fourth-order valence-electron chi connectivity index (χ4n) is 3.89. The minimum Gasteiger partial charge on any atom is -0.497 e. The van der Waals surface area contributed by atoms with Crippen LogP contribution in [0.25, 0.3) is 21.9 Å². The zero-order valence-corrected chi connectivity index (χ0v) is 18.8. The number of para-hydroxylation sites is 1. The van der Waals surface area contributed by atoms with Crippen molar-refractivity contribution in [1.82, 2.24) is 0 Å². The van der Waals surface area contributed by atoms with Crippen LogP contribution in [0.3, 0.4) is 0 Å². The molecule has 0 aliphatic carbocycles. The number of ketones is 1. The minimum absolute atomic E-state index is 0.158. The second-order valence-corrected chi connectivity index (χ2v) is 7.77. The molecule has 170 valence electrons. The summed E-state index contributed by atoms with van der Waals surface area (Å²) in [4.78, 5) is 25.8. The quantitative estimate of drug-likeness (QED) is 0.316. The van der Waals surface area contributed by atoms with Crippen molar-refractivity contribution in [2.45, 2.75) is 6.92 Å². The summed E-state index contributed by atoms with van der Waals surface area (Å²) in [5.74, 6) is 1.01. The summed E-state index contributed by atoms with van der Waals surface area (Å²) in [7, 11) is 3.12. The molecule has 0 unspecified atom stereocenters. The van der Waals surface area contributed by atoms with Gasteiger partial charge in [0.05, 0.1) is 14.2 Å². The average molecular weight is 455 g/mol. The van der Waals surface area contributed by atoms with E-state index < -0.39 is 5.91 Å². The smallest absolute Gasteiger partial charge is 0.291 e. The summed E-state index contributed by atoms with van der Waals surface area (Å²) >= 11 is 0. The molecule has 3 aromatic carbocycles. The molecule has 5 aromatic rings. The lowest BCUT2D eigenvalue weighted by Gasteiger charge is -2.03. The molecule has 1 N–H and O–H groups in total. The van der Waals surface area contributed by atoms with E-state index in [4.69, 9.17) is 18.3 Å². The maximum absolute atomic E-state index is 13.0. The first kappa shape index (κ1) is 21.3. The topological polar surface area (TPSA) is 90.9 Å². The molecule has 0 aliphatic rings. The second-order valence-electron chi connectivity index (χ2n) is 7.77. The molecule has 0 radical (unpaired) electrons. The van der Waals surface area contributed by atoms with Crippen molar-refractivity contribution >= 4 is 39.3 Å². The van der Waals surface area contributed by atoms with Crippen LogP contribution in [-0.4, -0.2) is 25.9 Å². The molecular weight excluding hydrogens is 434 g/mol. The van der Waals surface area contributed by atoms with Crippen LogP contribution in [-0.2, 0) is 0 Å². The molecule has 0 fully saturated rings. The molecule has 0 saturated carbocycles. The largest absolute Gasteiger partial charge is 0.497 e. The number of fused-ring (bicyclic) bond motifs is 2. The molecule has 0 saturated heterocycles. The molecule has 7 heteroatoms. The number of rotatable bonds is 6. The van der Waals surface area contributed by atoms with E-state index in [2.05, 4.69) is 5.32 Å². The maximum Gasteiger partial charge on any atom is 0.291 e. The van der Waals surface area contributed by atoms with E-state index in [0.717, 1.165) is 16.3 Å². The molecule has 7 nitrogen and oxygen atoms in total. The van der Waals surface area contributed by atoms with Crippen molar-refractivity contribution in [3.05, 3.63) is 89.4 Å². The standard InChI is InChI=1S/C27H21NO6/c1-15-20-12-9-18(28-27(30)23-13-17-5-4-6-21(32-3)26(17)34-23)14-22(20)33-25(15)24(29)16-7-10-19(31-2)11-8-16/h4-14H,1-3H3,(H,28,30). The Morgan fingerprint density at radius 3 is 2.41 bits per heavy atom. The number of methoxy groups -OCH3 is 2. The predicted octanol–water partition coefficient (Wildman–Crippen LogP) is 5.99. The average Bonchev–Trinajstić information content (AvgIpc) is 3.45. The number of furan rings is 2. The second kappa shape index (κ2) is 8.44. The molecule has 5 rings (SSSR count). The van der Waals surface area contributed by atoms with Gasteiger partial charge in [-0.25, -0.2) is 0 Å². The molecule has 1 amide bonds. The molecule has 0 atom stereocenters. The fraction of sp³-hybridized carbons (Fsp3) is 0.111. The van der Waals surface area contributed by atoms with Gasteiger partial charge in [0, 0.05) is 33.7 Å². The highest BCUT2D eigenvalue weighted by Crippen LogP contribution is 2.31.